The molecular weight excluding hydrogens is 320 g/mol. The van der Waals surface area contributed by atoms with Gasteiger partial charge in [0.05, 0.1) is 12.6 Å². The molecular formula is C19H24N2O4. The number of amides is 1. The summed E-state index contributed by atoms with van der Waals surface area (Å²) in [5.41, 5.74) is 0.347. The van der Waals surface area contributed by atoms with Crippen LogP contribution in [-0.2, 0) is 4.74 Å². The highest BCUT2D eigenvalue weighted by Gasteiger charge is 2.33. The first kappa shape index (κ1) is 17.3. The van der Waals surface area contributed by atoms with Crippen molar-refractivity contribution in [1.29, 1.82) is 0 Å². The SMILES string of the molecule is COc1ccc2ccc(O[C@H]3C[C@H](NC(=O)OC(C)(C)C)C3)nc2c1. The Morgan fingerprint density at radius 1 is 1.20 bits per heavy atom. The molecule has 25 heavy (non-hydrogen) atoms. The summed E-state index contributed by atoms with van der Waals surface area (Å²) in [4.78, 5) is 16.3. The van der Waals surface area contributed by atoms with Gasteiger partial charge in [-0.25, -0.2) is 9.78 Å². The number of hydrogen-bond donors (Lipinski definition) is 1. The smallest absolute Gasteiger partial charge is 0.407 e. The summed E-state index contributed by atoms with van der Waals surface area (Å²) >= 11 is 0. The zero-order chi connectivity index (χ0) is 18.0. The number of nitrogens with one attached hydrogen (secondary N) is 1. The summed E-state index contributed by atoms with van der Waals surface area (Å²) in [5.74, 6) is 1.35. The van der Waals surface area contributed by atoms with Crippen LogP contribution in [0.5, 0.6) is 11.6 Å². The number of pyridine rings is 1. The Balaban J connectivity index is 1.53. The van der Waals surface area contributed by atoms with Gasteiger partial charge in [0.2, 0.25) is 5.88 Å². The predicted molar refractivity (Wildman–Crippen MR) is 95.1 cm³/mol. The zero-order valence-electron chi connectivity index (χ0n) is 15.0. The molecule has 1 aliphatic carbocycles. The first-order valence-electron chi connectivity index (χ1n) is 8.43. The zero-order valence-corrected chi connectivity index (χ0v) is 15.0. The van der Waals surface area contributed by atoms with E-state index in [4.69, 9.17) is 14.2 Å². The number of methoxy groups -OCH3 is 1. The maximum absolute atomic E-state index is 11.7. The number of nitrogens with zero attached hydrogens (tertiary/aromatic N) is 1. The third-order valence-electron chi connectivity index (χ3n) is 3.98. The van der Waals surface area contributed by atoms with Gasteiger partial charge in [0.1, 0.15) is 17.5 Å². The van der Waals surface area contributed by atoms with Gasteiger partial charge in [-0.15, -0.1) is 0 Å². The molecule has 0 spiro atoms. The van der Waals surface area contributed by atoms with Crippen LogP contribution in [-0.4, -0.2) is 35.9 Å². The number of carbonyl (C=O) groups excluding carboxylic acids is 1. The van der Waals surface area contributed by atoms with Gasteiger partial charge in [-0.05, 0) is 39.0 Å². The van der Waals surface area contributed by atoms with Crippen LogP contribution in [0, 0.1) is 0 Å². The standard InChI is InChI=1S/C19H24N2O4/c1-19(2,3)25-18(22)20-13-9-15(10-13)24-17-8-6-12-5-7-14(23-4)11-16(12)21-17/h5-8,11,13,15H,9-10H2,1-4H3,(H,20,22)/t13-,15-. The minimum Gasteiger partial charge on any atom is -0.497 e. The number of carbonyl (C=O) groups is 1. The predicted octanol–water partition coefficient (Wildman–Crippen LogP) is 3.68. The van der Waals surface area contributed by atoms with Crippen LogP contribution in [0.2, 0.25) is 0 Å². The maximum Gasteiger partial charge on any atom is 0.407 e. The molecule has 134 valence electrons. The minimum absolute atomic E-state index is 0.0514. The van der Waals surface area contributed by atoms with E-state index < -0.39 is 5.60 Å². The van der Waals surface area contributed by atoms with Crippen molar-refractivity contribution in [3.8, 4) is 11.6 Å². The highest BCUT2D eigenvalue weighted by molar-refractivity contribution is 5.80. The molecule has 2 aromatic rings. The third kappa shape index (κ3) is 4.53. The average molecular weight is 344 g/mol. The second-order valence-corrected chi connectivity index (χ2v) is 7.26. The molecule has 1 N–H and O–H groups in total. The molecule has 0 bridgehead atoms. The van der Waals surface area contributed by atoms with Gasteiger partial charge < -0.3 is 19.5 Å². The third-order valence-corrected chi connectivity index (χ3v) is 3.98. The Kier molecular flexibility index (Phi) is 4.70. The van der Waals surface area contributed by atoms with Crippen LogP contribution >= 0.6 is 0 Å². The number of aromatic nitrogens is 1. The first-order valence-corrected chi connectivity index (χ1v) is 8.43. The molecule has 1 aliphatic rings. The van der Waals surface area contributed by atoms with Crippen LogP contribution in [0.1, 0.15) is 33.6 Å². The van der Waals surface area contributed by atoms with Crippen LogP contribution in [0.4, 0.5) is 4.79 Å². The van der Waals surface area contributed by atoms with Crippen molar-refractivity contribution in [2.24, 2.45) is 0 Å². The van der Waals surface area contributed by atoms with Crippen molar-refractivity contribution in [1.82, 2.24) is 10.3 Å². The number of benzene rings is 1. The quantitative estimate of drug-likeness (QED) is 0.916. The minimum atomic E-state index is -0.486. The lowest BCUT2D eigenvalue weighted by molar-refractivity contribution is 0.0355. The monoisotopic (exact) mass is 344 g/mol. The Hall–Kier alpha value is -2.50. The molecule has 0 unspecified atom stereocenters. The summed E-state index contributed by atoms with van der Waals surface area (Å²) < 4.78 is 16.4. The van der Waals surface area contributed by atoms with Crippen molar-refractivity contribution < 1.29 is 19.0 Å². The van der Waals surface area contributed by atoms with Gasteiger partial charge in [-0.3, -0.25) is 0 Å². The van der Waals surface area contributed by atoms with Crippen LogP contribution in [0.15, 0.2) is 30.3 Å². The summed E-state index contributed by atoms with van der Waals surface area (Å²) in [6.45, 7) is 5.54. The first-order chi connectivity index (χ1) is 11.8. The van der Waals surface area contributed by atoms with Crippen LogP contribution in [0.25, 0.3) is 10.9 Å². The molecule has 0 aliphatic heterocycles. The Morgan fingerprint density at radius 2 is 1.92 bits per heavy atom. The maximum atomic E-state index is 11.7. The Bertz CT molecular complexity index is 764. The molecule has 0 saturated heterocycles. The van der Waals surface area contributed by atoms with Crippen molar-refractivity contribution in [3.63, 3.8) is 0 Å². The Morgan fingerprint density at radius 3 is 2.60 bits per heavy atom. The fourth-order valence-corrected chi connectivity index (χ4v) is 2.70. The topological polar surface area (TPSA) is 69.7 Å². The van der Waals surface area contributed by atoms with Gasteiger partial charge >= 0.3 is 6.09 Å². The molecule has 0 atom stereocenters. The van der Waals surface area contributed by atoms with Gasteiger partial charge in [-0.1, -0.05) is 0 Å². The lowest BCUT2D eigenvalue weighted by Gasteiger charge is -2.35. The molecule has 1 heterocycles. The molecule has 6 nitrogen and oxygen atoms in total. The lowest BCUT2D eigenvalue weighted by atomic mass is 9.89. The van der Waals surface area contributed by atoms with E-state index in [9.17, 15) is 4.79 Å². The fourth-order valence-electron chi connectivity index (χ4n) is 2.70. The molecule has 1 saturated carbocycles. The lowest BCUT2D eigenvalue weighted by Crippen LogP contribution is -2.50. The number of fused-ring (bicyclic) bond motifs is 1. The van der Waals surface area contributed by atoms with E-state index >= 15 is 0 Å². The highest BCUT2D eigenvalue weighted by atomic mass is 16.6. The van der Waals surface area contributed by atoms with E-state index in [1.165, 1.54) is 0 Å². The van der Waals surface area contributed by atoms with Gasteiger partial charge in [0.15, 0.2) is 0 Å². The molecule has 1 aromatic carbocycles. The molecule has 6 heteroatoms. The summed E-state index contributed by atoms with van der Waals surface area (Å²) in [5, 5.41) is 3.89. The van der Waals surface area contributed by atoms with Crippen LogP contribution < -0.4 is 14.8 Å². The largest absolute Gasteiger partial charge is 0.497 e. The molecule has 1 aromatic heterocycles. The van der Waals surface area contributed by atoms with Crippen molar-refractivity contribution in [3.05, 3.63) is 30.3 Å². The number of ether oxygens (including phenoxy) is 3. The second kappa shape index (κ2) is 6.78. The van der Waals surface area contributed by atoms with Crippen molar-refractivity contribution >= 4 is 17.0 Å². The summed E-state index contributed by atoms with van der Waals surface area (Å²) in [6, 6.07) is 9.68. The van der Waals surface area contributed by atoms with Gasteiger partial charge in [0, 0.05) is 36.4 Å². The molecule has 0 radical (unpaired) electrons. The Labute approximate surface area is 147 Å². The number of hydrogen-bond acceptors (Lipinski definition) is 5. The van der Waals surface area contributed by atoms with Crippen LogP contribution in [0.3, 0.4) is 0 Å². The van der Waals surface area contributed by atoms with Gasteiger partial charge in [0.25, 0.3) is 0 Å². The van der Waals surface area contributed by atoms with E-state index in [0.717, 1.165) is 29.5 Å². The van der Waals surface area contributed by atoms with Gasteiger partial charge in [-0.2, -0.15) is 0 Å². The summed E-state index contributed by atoms with van der Waals surface area (Å²) in [7, 11) is 1.63. The average Bonchev–Trinajstić information content (AvgIpc) is 2.50. The van der Waals surface area contributed by atoms with Crippen molar-refractivity contribution in [2.45, 2.75) is 51.4 Å². The van der Waals surface area contributed by atoms with E-state index in [0.29, 0.717) is 5.88 Å². The van der Waals surface area contributed by atoms with Crippen molar-refractivity contribution in [2.75, 3.05) is 7.11 Å². The highest BCUT2D eigenvalue weighted by Crippen LogP contribution is 2.27. The number of alkyl carbamates (subject to hydrolysis) is 1. The molecule has 3 rings (SSSR count). The van der Waals surface area contributed by atoms with E-state index in [2.05, 4.69) is 10.3 Å². The summed E-state index contributed by atoms with van der Waals surface area (Å²) in [6.07, 6.45) is 1.16. The van der Waals surface area contributed by atoms with E-state index in [1.807, 2.05) is 51.1 Å². The normalized spacial score (nSPS) is 19.8. The van der Waals surface area contributed by atoms with E-state index in [-0.39, 0.29) is 18.2 Å². The fraction of sp³-hybridized carbons (Fsp3) is 0.474. The number of rotatable bonds is 4. The molecule has 1 amide bonds. The second-order valence-electron chi connectivity index (χ2n) is 7.26. The van der Waals surface area contributed by atoms with E-state index in [1.54, 1.807) is 7.11 Å². The molecule has 1 fully saturated rings.